The summed E-state index contributed by atoms with van der Waals surface area (Å²) in [5.41, 5.74) is 6.03. The number of benzene rings is 1. The maximum absolute atomic E-state index is 4.04. The molecular weight excluding hydrogens is 152 g/mol. The Morgan fingerprint density at radius 1 is 1.42 bits per heavy atom. The summed E-state index contributed by atoms with van der Waals surface area (Å²) in [6.07, 6.45) is 0. The van der Waals surface area contributed by atoms with Crippen LogP contribution < -0.4 is 5.43 Å². The first kappa shape index (κ1) is 7.09. The van der Waals surface area contributed by atoms with Crippen molar-refractivity contribution in [2.24, 2.45) is 0 Å². The molecule has 1 aromatic carbocycles. The molecular formula is C8H10N4. The predicted molar refractivity (Wildman–Crippen MR) is 47.5 cm³/mol. The summed E-state index contributed by atoms with van der Waals surface area (Å²) in [4.78, 5) is 1.66. The van der Waals surface area contributed by atoms with E-state index in [0.717, 1.165) is 16.6 Å². The zero-order chi connectivity index (χ0) is 8.55. The SMILES string of the molecule is CNn1nnc2c(C)cccc21. The highest BCUT2D eigenvalue weighted by molar-refractivity contribution is 5.77. The standard InChI is InChI=1S/C8H10N4/c1-6-4-3-5-7-8(6)10-11-12(7)9-2/h3-5,9H,1-2H3. The van der Waals surface area contributed by atoms with Crippen LogP contribution in [0.5, 0.6) is 0 Å². The molecule has 0 saturated heterocycles. The van der Waals surface area contributed by atoms with E-state index < -0.39 is 0 Å². The van der Waals surface area contributed by atoms with E-state index in [2.05, 4.69) is 15.7 Å². The van der Waals surface area contributed by atoms with Gasteiger partial charge in [-0.15, -0.1) is 5.10 Å². The van der Waals surface area contributed by atoms with Crippen LogP contribution in [0.2, 0.25) is 0 Å². The molecule has 1 heterocycles. The first-order valence-corrected chi connectivity index (χ1v) is 3.81. The van der Waals surface area contributed by atoms with Gasteiger partial charge in [-0.1, -0.05) is 12.1 Å². The van der Waals surface area contributed by atoms with Gasteiger partial charge in [0.25, 0.3) is 0 Å². The second-order valence-electron chi connectivity index (χ2n) is 2.67. The normalized spacial score (nSPS) is 10.5. The largest absolute Gasteiger partial charge is 0.311 e. The maximum atomic E-state index is 4.04. The summed E-state index contributed by atoms with van der Waals surface area (Å²) in [5, 5.41) is 7.97. The van der Waals surface area contributed by atoms with Crippen LogP contribution in [0, 0.1) is 6.92 Å². The third kappa shape index (κ3) is 0.845. The van der Waals surface area contributed by atoms with Gasteiger partial charge in [0.15, 0.2) is 0 Å². The van der Waals surface area contributed by atoms with E-state index in [1.165, 1.54) is 0 Å². The lowest BCUT2D eigenvalue weighted by Crippen LogP contribution is -2.09. The smallest absolute Gasteiger partial charge is 0.118 e. The van der Waals surface area contributed by atoms with Gasteiger partial charge in [0.1, 0.15) is 11.0 Å². The molecule has 0 spiro atoms. The number of nitrogens with zero attached hydrogens (tertiary/aromatic N) is 3. The van der Waals surface area contributed by atoms with Crippen molar-refractivity contribution in [1.82, 2.24) is 15.1 Å². The van der Waals surface area contributed by atoms with Crippen molar-refractivity contribution >= 4 is 11.0 Å². The van der Waals surface area contributed by atoms with Crippen molar-refractivity contribution in [1.29, 1.82) is 0 Å². The zero-order valence-electron chi connectivity index (χ0n) is 7.07. The van der Waals surface area contributed by atoms with Gasteiger partial charge < -0.3 is 5.43 Å². The number of fused-ring (bicyclic) bond motifs is 1. The third-order valence-electron chi connectivity index (χ3n) is 1.89. The van der Waals surface area contributed by atoms with Gasteiger partial charge in [-0.25, -0.2) is 0 Å². The quantitative estimate of drug-likeness (QED) is 0.677. The number of aromatic nitrogens is 3. The predicted octanol–water partition coefficient (Wildman–Crippen LogP) is 0.913. The highest BCUT2D eigenvalue weighted by Crippen LogP contribution is 2.13. The van der Waals surface area contributed by atoms with E-state index >= 15 is 0 Å². The molecule has 0 aliphatic rings. The minimum Gasteiger partial charge on any atom is -0.311 e. The van der Waals surface area contributed by atoms with Crippen molar-refractivity contribution in [3.63, 3.8) is 0 Å². The third-order valence-corrected chi connectivity index (χ3v) is 1.89. The first-order chi connectivity index (χ1) is 5.83. The van der Waals surface area contributed by atoms with Crippen LogP contribution >= 0.6 is 0 Å². The molecule has 0 atom stereocenters. The highest BCUT2D eigenvalue weighted by Gasteiger charge is 2.03. The van der Waals surface area contributed by atoms with E-state index in [1.807, 2.05) is 32.2 Å². The summed E-state index contributed by atoms with van der Waals surface area (Å²) in [5.74, 6) is 0. The summed E-state index contributed by atoms with van der Waals surface area (Å²) in [6.45, 7) is 2.02. The van der Waals surface area contributed by atoms with Gasteiger partial charge in [-0.05, 0) is 23.8 Å². The van der Waals surface area contributed by atoms with E-state index in [-0.39, 0.29) is 0 Å². The van der Waals surface area contributed by atoms with Crippen molar-refractivity contribution in [3.05, 3.63) is 23.8 Å². The number of aryl methyl sites for hydroxylation is 1. The molecule has 1 N–H and O–H groups in total. The molecule has 62 valence electrons. The van der Waals surface area contributed by atoms with Gasteiger partial charge in [-0.3, -0.25) is 0 Å². The molecule has 0 saturated carbocycles. The molecule has 4 nitrogen and oxygen atoms in total. The summed E-state index contributed by atoms with van der Waals surface area (Å²) in [6, 6.07) is 6.00. The van der Waals surface area contributed by atoms with E-state index in [1.54, 1.807) is 4.79 Å². The van der Waals surface area contributed by atoms with E-state index in [4.69, 9.17) is 0 Å². The fraction of sp³-hybridized carbons (Fsp3) is 0.250. The molecule has 1 aromatic heterocycles. The fourth-order valence-electron chi connectivity index (χ4n) is 1.25. The van der Waals surface area contributed by atoms with Crippen LogP contribution in [0.4, 0.5) is 0 Å². The van der Waals surface area contributed by atoms with Crippen LogP contribution in [0.25, 0.3) is 11.0 Å². The topological polar surface area (TPSA) is 42.7 Å². The molecule has 2 aromatic rings. The fourth-order valence-corrected chi connectivity index (χ4v) is 1.25. The summed E-state index contributed by atoms with van der Waals surface area (Å²) >= 11 is 0. The lowest BCUT2D eigenvalue weighted by atomic mass is 10.2. The van der Waals surface area contributed by atoms with Crippen LogP contribution in [-0.4, -0.2) is 22.2 Å². The highest BCUT2D eigenvalue weighted by atomic mass is 15.6. The lowest BCUT2D eigenvalue weighted by molar-refractivity contribution is 0.749. The first-order valence-electron chi connectivity index (χ1n) is 3.81. The van der Waals surface area contributed by atoms with Crippen molar-refractivity contribution in [3.8, 4) is 0 Å². The minimum absolute atomic E-state index is 0.951. The van der Waals surface area contributed by atoms with Crippen LogP contribution in [0.1, 0.15) is 5.56 Å². The Labute approximate surface area is 70.2 Å². The average molecular weight is 162 g/mol. The molecule has 2 rings (SSSR count). The lowest BCUT2D eigenvalue weighted by Gasteiger charge is -1.98. The number of nitrogens with one attached hydrogen (secondary N) is 1. The van der Waals surface area contributed by atoms with Gasteiger partial charge in [0.2, 0.25) is 0 Å². The Morgan fingerprint density at radius 3 is 3.00 bits per heavy atom. The minimum atomic E-state index is 0.951. The number of hydrogen-bond donors (Lipinski definition) is 1. The molecule has 0 radical (unpaired) electrons. The molecule has 0 aliphatic carbocycles. The van der Waals surface area contributed by atoms with Crippen molar-refractivity contribution < 1.29 is 0 Å². The van der Waals surface area contributed by atoms with Crippen molar-refractivity contribution in [2.45, 2.75) is 6.92 Å². The molecule has 12 heavy (non-hydrogen) atoms. The van der Waals surface area contributed by atoms with Crippen molar-refractivity contribution in [2.75, 3.05) is 12.5 Å². The Kier molecular flexibility index (Phi) is 1.46. The van der Waals surface area contributed by atoms with Crippen LogP contribution in [-0.2, 0) is 0 Å². The average Bonchev–Trinajstić information content (AvgIpc) is 2.49. The summed E-state index contributed by atoms with van der Waals surface area (Å²) < 4.78 is 0. The summed E-state index contributed by atoms with van der Waals surface area (Å²) in [7, 11) is 1.82. The number of hydrogen-bond acceptors (Lipinski definition) is 3. The molecule has 4 heteroatoms. The van der Waals surface area contributed by atoms with Crippen LogP contribution in [0.15, 0.2) is 18.2 Å². The van der Waals surface area contributed by atoms with E-state index in [9.17, 15) is 0 Å². The zero-order valence-corrected chi connectivity index (χ0v) is 7.07. The Morgan fingerprint density at radius 2 is 2.25 bits per heavy atom. The van der Waals surface area contributed by atoms with Gasteiger partial charge in [-0.2, -0.15) is 4.79 Å². The Bertz CT molecular complexity index is 404. The monoisotopic (exact) mass is 162 g/mol. The Hall–Kier alpha value is -1.58. The molecule has 0 unspecified atom stereocenters. The van der Waals surface area contributed by atoms with E-state index in [0.29, 0.717) is 0 Å². The second kappa shape index (κ2) is 2.48. The molecule has 0 bridgehead atoms. The Balaban J connectivity index is 2.80. The second-order valence-corrected chi connectivity index (χ2v) is 2.67. The van der Waals surface area contributed by atoms with Gasteiger partial charge >= 0.3 is 0 Å². The van der Waals surface area contributed by atoms with Crippen LogP contribution in [0.3, 0.4) is 0 Å². The molecule has 0 amide bonds. The molecule has 0 aliphatic heterocycles. The molecule has 0 fully saturated rings. The maximum Gasteiger partial charge on any atom is 0.118 e. The van der Waals surface area contributed by atoms with Gasteiger partial charge in [0.05, 0.1) is 0 Å². The number of rotatable bonds is 1. The van der Waals surface area contributed by atoms with Gasteiger partial charge in [0, 0.05) is 7.05 Å².